The summed E-state index contributed by atoms with van der Waals surface area (Å²) in [6, 6.07) is 26.9. The molecule has 0 radical (unpaired) electrons. The Labute approximate surface area is 201 Å². The number of nitrogens with two attached hydrogens (primary N) is 1. The zero-order valence-corrected chi connectivity index (χ0v) is 18.9. The zero-order chi connectivity index (χ0) is 23.3. The van der Waals surface area contributed by atoms with Gasteiger partial charge in [0.05, 0.1) is 17.6 Å². The Morgan fingerprint density at radius 2 is 1.74 bits per heavy atom. The highest BCUT2D eigenvalue weighted by molar-refractivity contribution is 7.13. The van der Waals surface area contributed by atoms with Crippen LogP contribution in [0, 0.1) is 0 Å². The molecule has 5 rings (SSSR count). The van der Waals surface area contributed by atoms with E-state index in [1.165, 1.54) is 0 Å². The van der Waals surface area contributed by atoms with E-state index in [4.69, 9.17) is 5.73 Å². The highest BCUT2D eigenvalue weighted by Gasteiger charge is 2.11. The second kappa shape index (κ2) is 9.56. The Morgan fingerprint density at radius 1 is 0.941 bits per heavy atom. The molecular weight excluding hydrogens is 442 g/mol. The van der Waals surface area contributed by atoms with Crippen molar-refractivity contribution in [3.8, 4) is 21.7 Å². The maximum Gasteiger partial charge on any atom is 0.255 e. The quantitative estimate of drug-likeness (QED) is 0.296. The van der Waals surface area contributed by atoms with Crippen molar-refractivity contribution >= 4 is 40.9 Å². The predicted molar refractivity (Wildman–Crippen MR) is 139 cm³/mol. The fourth-order valence-corrected chi connectivity index (χ4v) is 4.18. The van der Waals surface area contributed by atoms with Gasteiger partial charge in [-0.25, -0.2) is 4.68 Å². The number of nitrogens with one attached hydrogen (secondary N) is 1. The molecule has 0 aliphatic rings. The molecule has 166 valence electrons. The first kappa shape index (κ1) is 21.4. The van der Waals surface area contributed by atoms with Crippen LogP contribution in [0.3, 0.4) is 0 Å². The molecular formula is C27H21N5OS. The molecule has 0 spiro atoms. The fourth-order valence-electron chi connectivity index (χ4n) is 3.46. The molecule has 6 nitrogen and oxygen atoms in total. The first-order valence-electron chi connectivity index (χ1n) is 10.7. The molecule has 34 heavy (non-hydrogen) atoms. The lowest BCUT2D eigenvalue weighted by Gasteiger charge is -2.10. The second-order valence-electron chi connectivity index (χ2n) is 7.62. The van der Waals surface area contributed by atoms with E-state index in [-0.39, 0.29) is 5.91 Å². The Hall–Kier alpha value is -4.49. The number of nitrogens with zero attached hydrogens (tertiary/aromatic N) is 3. The van der Waals surface area contributed by atoms with Gasteiger partial charge in [0.2, 0.25) is 0 Å². The smallest absolute Gasteiger partial charge is 0.255 e. The van der Waals surface area contributed by atoms with Gasteiger partial charge in [0.15, 0.2) is 0 Å². The van der Waals surface area contributed by atoms with E-state index in [2.05, 4.69) is 15.6 Å². The minimum absolute atomic E-state index is 0.226. The van der Waals surface area contributed by atoms with Gasteiger partial charge in [-0.1, -0.05) is 59.8 Å². The average Bonchev–Trinajstić information content (AvgIpc) is 3.58. The molecule has 2 aromatic heterocycles. The van der Waals surface area contributed by atoms with Gasteiger partial charge < -0.3 is 11.1 Å². The number of hydrogen-bond donors (Lipinski definition) is 2. The van der Waals surface area contributed by atoms with Gasteiger partial charge >= 0.3 is 0 Å². The van der Waals surface area contributed by atoms with E-state index in [9.17, 15) is 4.79 Å². The van der Waals surface area contributed by atoms with Gasteiger partial charge in [0.25, 0.3) is 5.91 Å². The SMILES string of the molecule is Nc1ccc(-c2cccs2)cc1NC(=O)c1ccc(-c2cn(/C=C/c3ccccc3)nn2)cc1. The first-order chi connectivity index (χ1) is 16.7. The largest absolute Gasteiger partial charge is 0.397 e. The summed E-state index contributed by atoms with van der Waals surface area (Å²) in [6.45, 7) is 0. The molecule has 1 amide bonds. The van der Waals surface area contributed by atoms with Crippen molar-refractivity contribution in [3.63, 3.8) is 0 Å². The molecule has 0 fully saturated rings. The summed E-state index contributed by atoms with van der Waals surface area (Å²) in [4.78, 5) is 13.9. The minimum atomic E-state index is -0.226. The predicted octanol–water partition coefficient (Wildman–Crippen LogP) is 6.14. The van der Waals surface area contributed by atoms with Crippen LogP contribution in [0.25, 0.3) is 34.0 Å². The summed E-state index contributed by atoms with van der Waals surface area (Å²) < 4.78 is 1.66. The van der Waals surface area contributed by atoms with Gasteiger partial charge in [0, 0.05) is 22.2 Å². The van der Waals surface area contributed by atoms with E-state index >= 15 is 0 Å². The molecule has 0 saturated heterocycles. The molecule has 7 heteroatoms. The van der Waals surface area contributed by atoms with Crippen LogP contribution in [-0.2, 0) is 0 Å². The number of benzene rings is 3. The summed E-state index contributed by atoms with van der Waals surface area (Å²) in [5.74, 6) is -0.226. The molecule has 0 aliphatic carbocycles. The third-order valence-corrected chi connectivity index (χ3v) is 6.20. The van der Waals surface area contributed by atoms with Crippen molar-refractivity contribution in [3.05, 3.63) is 108 Å². The summed E-state index contributed by atoms with van der Waals surface area (Å²) in [5.41, 5.74) is 11.4. The second-order valence-corrected chi connectivity index (χ2v) is 8.57. The van der Waals surface area contributed by atoms with Gasteiger partial charge in [-0.2, -0.15) is 0 Å². The van der Waals surface area contributed by atoms with E-state index in [1.807, 2.05) is 96.6 Å². The number of rotatable bonds is 6. The average molecular weight is 464 g/mol. The van der Waals surface area contributed by atoms with Gasteiger partial charge in [-0.05, 0) is 52.9 Å². The molecule has 0 saturated carbocycles. The summed E-state index contributed by atoms with van der Waals surface area (Å²) >= 11 is 1.64. The number of amides is 1. The number of carbonyl (C=O) groups excluding carboxylic acids is 1. The lowest BCUT2D eigenvalue weighted by atomic mass is 10.1. The lowest BCUT2D eigenvalue weighted by Crippen LogP contribution is -2.13. The maximum absolute atomic E-state index is 12.8. The zero-order valence-electron chi connectivity index (χ0n) is 18.1. The molecule has 2 heterocycles. The third-order valence-electron chi connectivity index (χ3n) is 5.28. The summed E-state index contributed by atoms with van der Waals surface area (Å²) in [6.07, 6.45) is 5.65. The lowest BCUT2D eigenvalue weighted by molar-refractivity contribution is 0.102. The summed E-state index contributed by atoms with van der Waals surface area (Å²) in [5, 5.41) is 13.3. The number of aromatic nitrogens is 3. The van der Waals surface area contributed by atoms with E-state index < -0.39 is 0 Å². The van der Waals surface area contributed by atoms with Crippen LogP contribution in [-0.4, -0.2) is 20.9 Å². The van der Waals surface area contributed by atoms with E-state index in [0.29, 0.717) is 16.9 Å². The molecule has 3 aromatic carbocycles. The van der Waals surface area contributed by atoms with Gasteiger partial charge in [0.1, 0.15) is 5.69 Å². The highest BCUT2D eigenvalue weighted by atomic mass is 32.1. The molecule has 5 aromatic rings. The number of carbonyl (C=O) groups is 1. The Kier molecular flexibility index (Phi) is 6.01. The Balaban J connectivity index is 1.28. The topological polar surface area (TPSA) is 85.8 Å². The van der Waals surface area contributed by atoms with Crippen molar-refractivity contribution in [1.82, 2.24) is 15.0 Å². The van der Waals surface area contributed by atoms with Crippen LogP contribution in [0.5, 0.6) is 0 Å². The van der Waals surface area contributed by atoms with Gasteiger partial charge in [-0.3, -0.25) is 4.79 Å². The Morgan fingerprint density at radius 3 is 2.50 bits per heavy atom. The van der Waals surface area contributed by atoms with Crippen LogP contribution >= 0.6 is 11.3 Å². The number of hydrogen-bond acceptors (Lipinski definition) is 5. The van der Waals surface area contributed by atoms with E-state index in [1.54, 1.807) is 28.2 Å². The normalized spacial score (nSPS) is 11.1. The first-order valence-corrected chi connectivity index (χ1v) is 11.5. The molecule has 0 atom stereocenters. The Bertz CT molecular complexity index is 1440. The highest BCUT2D eigenvalue weighted by Crippen LogP contribution is 2.30. The van der Waals surface area contributed by atoms with Crippen molar-refractivity contribution in [2.75, 3.05) is 11.1 Å². The van der Waals surface area contributed by atoms with Gasteiger partial charge in [-0.15, -0.1) is 16.4 Å². The number of thiophene rings is 1. The van der Waals surface area contributed by atoms with Crippen LogP contribution in [0.2, 0.25) is 0 Å². The minimum Gasteiger partial charge on any atom is -0.397 e. The van der Waals surface area contributed by atoms with Crippen molar-refractivity contribution in [1.29, 1.82) is 0 Å². The third kappa shape index (κ3) is 4.79. The molecule has 0 unspecified atom stereocenters. The van der Waals surface area contributed by atoms with Crippen molar-refractivity contribution < 1.29 is 4.79 Å². The molecule has 0 bridgehead atoms. The standard InChI is InChI=1S/C27H21N5OS/c28-23-13-12-22(26-7-4-16-34-26)17-24(23)29-27(33)21-10-8-20(9-11-21)25-18-32(31-30-25)15-14-19-5-2-1-3-6-19/h1-18H,28H2,(H,29,33)/b15-14+. The number of nitrogen functional groups attached to an aromatic ring is 1. The van der Waals surface area contributed by atoms with E-state index in [0.717, 1.165) is 27.3 Å². The number of anilines is 2. The monoisotopic (exact) mass is 463 g/mol. The maximum atomic E-state index is 12.8. The van der Waals surface area contributed by atoms with Crippen LogP contribution < -0.4 is 11.1 Å². The van der Waals surface area contributed by atoms with Crippen LogP contribution in [0.1, 0.15) is 15.9 Å². The summed E-state index contributed by atoms with van der Waals surface area (Å²) in [7, 11) is 0. The van der Waals surface area contributed by atoms with Crippen LogP contribution in [0.4, 0.5) is 11.4 Å². The fraction of sp³-hybridized carbons (Fsp3) is 0. The molecule has 0 aliphatic heterocycles. The van der Waals surface area contributed by atoms with Crippen molar-refractivity contribution in [2.24, 2.45) is 0 Å². The van der Waals surface area contributed by atoms with Crippen LogP contribution in [0.15, 0.2) is 96.5 Å². The van der Waals surface area contributed by atoms with Crippen molar-refractivity contribution in [2.45, 2.75) is 0 Å². The molecule has 3 N–H and O–H groups in total.